The molecule has 6 heteroatoms. The van der Waals surface area contributed by atoms with E-state index in [1.807, 2.05) is 18.2 Å². The van der Waals surface area contributed by atoms with Gasteiger partial charge in [0.2, 0.25) is 0 Å². The number of carbonyl (C=O) groups is 1. The Morgan fingerprint density at radius 3 is 2.82 bits per heavy atom. The number of thiocarbonyl (C=S) groups is 1. The van der Waals surface area contributed by atoms with Gasteiger partial charge in [0, 0.05) is 0 Å². The Labute approximate surface area is 114 Å². The highest BCUT2D eigenvalue weighted by molar-refractivity contribution is 9.10. The van der Waals surface area contributed by atoms with Gasteiger partial charge in [-0.1, -0.05) is 13.0 Å². The van der Waals surface area contributed by atoms with Crippen LogP contribution in [0.3, 0.4) is 0 Å². The van der Waals surface area contributed by atoms with Crippen molar-refractivity contribution in [3.05, 3.63) is 28.2 Å². The molecule has 1 amide bonds. The second-order valence-corrected chi connectivity index (χ2v) is 4.61. The van der Waals surface area contributed by atoms with Gasteiger partial charge < -0.3 is 15.8 Å². The first-order valence-corrected chi connectivity index (χ1v) is 6.23. The lowest BCUT2D eigenvalue weighted by Crippen LogP contribution is -2.37. The fraction of sp³-hybridized carbons (Fsp3) is 0.273. The standard InChI is InChI=1S/C11H13BrN2O2S/c1-2-7-3-4-9(8(12)5-7)16-6-10(15)14-11(13)17/h3-5H,2,6H2,1H3,(H3,13,14,15,17). The highest BCUT2D eigenvalue weighted by Crippen LogP contribution is 2.26. The third-order valence-electron chi connectivity index (χ3n) is 2.03. The summed E-state index contributed by atoms with van der Waals surface area (Å²) in [4.78, 5) is 11.2. The number of halogens is 1. The van der Waals surface area contributed by atoms with Crippen LogP contribution in [-0.4, -0.2) is 17.6 Å². The summed E-state index contributed by atoms with van der Waals surface area (Å²) in [6.45, 7) is 1.94. The molecule has 1 aromatic rings. The van der Waals surface area contributed by atoms with Crippen molar-refractivity contribution in [1.29, 1.82) is 0 Å². The van der Waals surface area contributed by atoms with Gasteiger partial charge in [0.05, 0.1) is 4.47 Å². The molecule has 0 spiro atoms. The normalized spacial score (nSPS) is 9.76. The van der Waals surface area contributed by atoms with Gasteiger partial charge in [-0.25, -0.2) is 0 Å². The zero-order valence-electron chi connectivity index (χ0n) is 9.33. The monoisotopic (exact) mass is 316 g/mol. The molecule has 0 aromatic heterocycles. The van der Waals surface area contributed by atoms with Crippen LogP contribution in [0, 0.1) is 0 Å². The van der Waals surface area contributed by atoms with Gasteiger partial charge in [-0.3, -0.25) is 4.79 Å². The lowest BCUT2D eigenvalue weighted by atomic mass is 10.2. The Morgan fingerprint density at radius 1 is 1.59 bits per heavy atom. The van der Waals surface area contributed by atoms with Crippen LogP contribution in [-0.2, 0) is 11.2 Å². The SMILES string of the molecule is CCc1ccc(OCC(=O)NC(N)=S)c(Br)c1. The number of benzene rings is 1. The summed E-state index contributed by atoms with van der Waals surface area (Å²) in [6.07, 6.45) is 0.945. The van der Waals surface area contributed by atoms with E-state index in [0.717, 1.165) is 10.9 Å². The van der Waals surface area contributed by atoms with Gasteiger partial charge in [0.25, 0.3) is 5.91 Å². The number of nitrogens with one attached hydrogen (secondary N) is 1. The zero-order chi connectivity index (χ0) is 12.8. The van der Waals surface area contributed by atoms with E-state index in [9.17, 15) is 4.79 Å². The average molecular weight is 317 g/mol. The zero-order valence-corrected chi connectivity index (χ0v) is 11.7. The van der Waals surface area contributed by atoms with Crippen molar-refractivity contribution in [2.75, 3.05) is 6.61 Å². The van der Waals surface area contributed by atoms with Crippen LogP contribution >= 0.6 is 28.1 Å². The lowest BCUT2D eigenvalue weighted by molar-refractivity contribution is -0.121. The minimum Gasteiger partial charge on any atom is -0.483 e. The number of hydrogen-bond donors (Lipinski definition) is 2. The summed E-state index contributed by atoms with van der Waals surface area (Å²) in [5.41, 5.74) is 6.36. The maximum Gasteiger partial charge on any atom is 0.264 e. The van der Waals surface area contributed by atoms with E-state index in [4.69, 9.17) is 10.5 Å². The third-order valence-corrected chi connectivity index (χ3v) is 2.75. The molecule has 4 nitrogen and oxygen atoms in total. The summed E-state index contributed by atoms with van der Waals surface area (Å²) >= 11 is 7.92. The summed E-state index contributed by atoms with van der Waals surface area (Å²) < 4.78 is 6.14. The molecular weight excluding hydrogens is 304 g/mol. The fourth-order valence-corrected chi connectivity index (χ4v) is 1.85. The van der Waals surface area contributed by atoms with E-state index in [2.05, 4.69) is 40.4 Å². The summed E-state index contributed by atoms with van der Waals surface area (Å²) in [5.74, 6) is 0.240. The molecule has 1 aromatic carbocycles. The summed E-state index contributed by atoms with van der Waals surface area (Å²) in [5, 5.41) is 2.23. The number of amides is 1. The van der Waals surface area contributed by atoms with Gasteiger partial charge in [0.15, 0.2) is 11.7 Å². The first kappa shape index (κ1) is 13.9. The van der Waals surface area contributed by atoms with Crippen molar-refractivity contribution >= 4 is 39.2 Å². The Kier molecular flexibility index (Phi) is 5.37. The number of nitrogens with two attached hydrogens (primary N) is 1. The lowest BCUT2D eigenvalue weighted by Gasteiger charge is -2.09. The predicted octanol–water partition coefficient (Wildman–Crippen LogP) is 1.75. The van der Waals surface area contributed by atoms with Crippen LogP contribution in [0.1, 0.15) is 12.5 Å². The molecule has 3 N–H and O–H groups in total. The van der Waals surface area contributed by atoms with Gasteiger partial charge in [-0.2, -0.15) is 0 Å². The Morgan fingerprint density at radius 2 is 2.29 bits per heavy atom. The van der Waals surface area contributed by atoms with E-state index in [0.29, 0.717) is 5.75 Å². The van der Waals surface area contributed by atoms with E-state index in [-0.39, 0.29) is 17.6 Å². The number of hydrogen-bond acceptors (Lipinski definition) is 3. The van der Waals surface area contributed by atoms with Crippen LogP contribution < -0.4 is 15.8 Å². The van der Waals surface area contributed by atoms with E-state index in [1.165, 1.54) is 5.56 Å². The largest absolute Gasteiger partial charge is 0.483 e. The molecule has 0 bridgehead atoms. The smallest absolute Gasteiger partial charge is 0.264 e. The summed E-state index contributed by atoms with van der Waals surface area (Å²) in [7, 11) is 0. The summed E-state index contributed by atoms with van der Waals surface area (Å²) in [6, 6.07) is 5.73. The fourth-order valence-electron chi connectivity index (χ4n) is 1.20. The molecule has 92 valence electrons. The quantitative estimate of drug-likeness (QED) is 0.831. The van der Waals surface area contributed by atoms with Crippen molar-refractivity contribution in [2.24, 2.45) is 5.73 Å². The molecule has 0 fully saturated rings. The molecular formula is C11H13BrN2O2S. The predicted molar refractivity (Wildman–Crippen MR) is 73.9 cm³/mol. The molecule has 0 radical (unpaired) electrons. The Hall–Kier alpha value is -1.14. The molecule has 0 aliphatic carbocycles. The van der Waals surface area contributed by atoms with Crippen LogP contribution in [0.4, 0.5) is 0 Å². The highest BCUT2D eigenvalue weighted by Gasteiger charge is 2.06. The Bertz CT molecular complexity index is 437. The number of carbonyl (C=O) groups excluding carboxylic acids is 1. The van der Waals surface area contributed by atoms with Crippen LogP contribution in [0.25, 0.3) is 0 Å². The Balaban J connectivity index is 2.57. The van der Waals surface area contributed by atoms with Gasteiger partial charge in [0.1, 0.15) is 5.75 Å². The maximum absolute atomic E-state index is 11.2. The molecule has 0 aliphatic rings. The van der Waals surface area contributed by atoms with Crippen molar-refractivity contribution in [3.8, 4) is 5.75 Å². The first-order chi connectivity index (χ1) is 8.02. The molecule has 0 atom stereocenters. The van der Waals surface area contributed by atoms with Crippen molar-refractivity contribution < 1.29 is 9.53 Å². The van der Waals surface area contributed by atoms with Gasteiger partial charge in [-0.05, 0) is 52.3 Å². The second kappa shape index (κ2) is 6.56. The molecule has 0 aliphatic heterocycles. The molecule has 1 rings (SSSR count). The average Bonchev–Trinajstić information content (AvgIpc) is 2.26. The van der Waals surface area contributed by atoms with E-state index in [1.54, 1.807) is 0 Å². The van der Waals surface area contributed by atoms with Gasteiger partial charge in [-0.15, -0.1) is 0 Å². The minimum absolute atomic E-state index is 0.0565. The topological polar surface area (TPSA) is 64.3 Å². The molecule has 0 saturated carbocycles. The molecule has 0 heterocycles. The van der Waals surface area contributed by atoms with Crippen LogP contribution in [0.2, 0.25) is 0 Å². The van der Waals surface area contributed by atoms with Crippen molar-refractivity contribution in [2.45, 2.75) is 13.3 Å². The van der Waals surface area contributed by atoms with E-state index < -0.39 is 0 Å². The second-order valence-electron chi connectivity index (χ2n) is 3.32. The van der Waals surface area contributed by atoms with Crippen LogP contribution in [0.15, 0.2) is 22.7 Å². The van der Waals surface area contributed by atoms with Crippen molar-refractivity contribution in [1.82, 2.24) is 5.32 Å². The maximum atomic E-state index is 11.2. The third kappa shape index (κ3) is 4.70. The van der Waals surface area contributed by atoms with E-state index >= 15 is 0 Å². The first-order valence-electron chi connectivity index (χ1n) is 5.03. The van der Waals surface area contributed by atoms with Gasteiger partial charge >= 0.3 is 0 Å². The number of ether oxygens (including phenoxy) is 1. The highest BCUT2D eigenvalue weighted by atomic mass is 79.9. The molecule has 0 unspecified atom stereocenters. The molecule has 17 heavy (non-hydrogen) atoms. The minimum atomic E-state index is -0.371. The number of rotatable bonds is 4. The number of aryl methyl sites for hydroxylation is 1. The van der Waals surface area contributed by atoms with Crippen LogP contribution in [0.5, 0.6) is 5.75 Å². The van der Waals surface area contributed by atoms with Crippen molar-refractivity contribution in [3.63, 3.8) is 0 Å². The molecule has 0 saturated heterocycles.